The Hall–Kier alpha value is -3.87. The maximum Gasteiger partial charge on any atom is 0.235 e. The summed E-state index contributed by atoms with van der Waals surface area (Å²) >= 11 is 0. The number of rotatable bonds is 16. The van der Waals surface area contributed by atoms with Crippen LogP contribution in [0.25, 0.3) is 21.8 Å². The lowest BCUT2D eigenvalue weighted by Crippen LogP contribution is -2.30. The van der Waals surface area contributed by atoms with Crippen molar-refractivity contribution in [1.29, 1.82) is 0 Å². The molecule has 0 spiro atoms. The van der Waals surface area contributed by atoms with Gasteiger partial charge in [0, 0.05) is 57.5 Å². The van der Waals surface area contributed by atoms with Gasteiger partial charge >= 0.3 is 0 Å². The van der Waals surface area contributed by atoms with Crippen LogP contribution in [0.1, 0.15) is 86.4 Å². The summed E-state index contributed by atoms with van der Waals surface area (Å²) in [6.45, 7) is 8.58. The molecule has 0 radical (unpaired) electrons. The van der Waals surface area contributed by atoms with Gasteiger partial charge in [0.1, 0.15) is 0 Å². The lowest BCUT2D eigenvalue weighted by atomic mass is 9.91. The number of nitrogens with one attached hydrogen (secondary N) is 4. The molecule has 1 aliphatic rings. The lowest BCUT2D eigenvalue weighted by molar-refractivity contribution is -0.119. The number of benzene rings is 3. The fraction of sp³-hybridized carbons (Fsp3) is 0.395. The Balaban J connectivity index is 1.28. The highest BCUT2D eigenvalue weighted by atomic mass is 16.2. The molecule has 1 aliphatic heterocycles. The van der Waals surface area contributed by atoms with Gasteiger partial charge in [-0.1, -0.05) is 94.1 Å². The molecule has 1 atom stereocenters. The molecule has 0 saturated carbocycles. The lowest BCUT2D eigenvalue weighted by Gasteiger charge is -2.19. The van der Waals surface area contributed by atoms with Crippen molar-refractivity contribution in [3.8, 4) is 0 Å². The van der Waals surface area contributed by atoms with Gasteiger partial charge in [-0.15, -0.1) is 0 Å². The molecule has 4 N–H and O–H groups in total. The molecule has 6 heteroatoms. The Bertz CT molecular complexity index is 1580. The first kappa shape index (κ1) is 30.2. The highest BCUT2D eigenvalue weighted by molar-refractivity contribution is 6.06. The number of hydrogen-bond donors (Lipinski definition) is 4. The second kappa shape index (κ2) is 14.3. The van der Waals surface area contributed by atoms with Crippen molar-refractivity contribution in [1.82, 2.24) is 20.6 Å². The SMILES string of the molecule is CCCCCNCc1[nH]c2ccccc2c1CC1C(=O)N(Cc2c(CNCCCCC)[nH]c3ccccc23)c2ccccc21. The minimum atomic E-state index is -0.218. The second-order valence-corrected chi connectivity index (χ2v) is 12.3. The predicted octanol–water partition coefficient (Wildman–Crippen LogP) is 8.08. The van der Waals surface area contributed by atoms with Crippen LogP contribution in [-0.2, 0) is 30.8 Å². The maximum atomic E-state index is 14.4. The largest absolute Gasteiger partial charge is 0.357 e. The smallest absolute Gasteiger partial charge is 0.235 e. The summed E-state index contributed by atoms with van der Waals surface area (Å²) in [7, 11) is 0. The van der Waals surface area contributed by atoms with Crippen molar-refractivity contribution in [3.63, 3.8) is 0 Å². The van der Waals surface area contributed by atoms with E-state index in [4.69, 9.17) is 0 Å². The summed E-state index contributed by atoms with van der Waals surface area (Å²) in [6.07, 6.45) is 7.95. The maximum absolute atomic E-state index is 14.4. The molecule has 0 aliphatic carbocycles. The van der Waals surface area contributed by atoms with E-state index in [1.165, 1.54) is 71.8 Å². The summed E-state index contributed by atoms with van der Waals surface area (Å²) in [4.78, 5) is 23.8. The van der Waals surface area contributed by atoms with E-state index in [1.807, 2.05) is 4.90 Å². The quantitative estimate of drug-likeness (QED) is 0.0879. The summed E-state index contributed by atoms with van der Waals surface area (Å²) < 4.78 is 0. The van der Waals surface area contributed by atoms with Crippen molar-refractivity contribution < 1.29 is 4.79 Å². The number of para-hydroxylation sites is 3. The molecule has 0 saturated heterocycles. The number of aromatic nitrogens is 2. The number of amides is 1. The van der Waals surface area contributed by atoms with Crippen LogP contribution in [0.4, 0.5) is 5.69 Å². The number of carbonyl (C=O) groups excluding carboxylic acids is 1. The van der Waals surface area contributed by atoms with E-state index in [0.717, 1.165) is 48.5 Å². The van der Waals surface area contributed by atoms with Crippen LogP contribution in [0.5, 0.6) is 0 Å². The normalized spacial score (nSPS) is 14.7. The first-order valence-electron chi connectivity index (χ1n) is 16.7. The third kappa shape index (κ3) is 6.33. The fourth-order valence-corrected chi connectivity index (χ4v) is 6.84. The highest BCUT2D eigenvalue weighted by Gasteiger charge is 2.38. The van der Waals surface area contributed by atoms with Crippen LogP contribution >= 0.6 is 0 Å². The van der Waals surface area contributed by atoms with Crippen LogP contribution in [0.2, 0.25) is 0 Å². The van der Waals surface area contributed by atoms with Crippen molar-refractivity contribution in [2.75, 3.05) is 18.0 Å². The van der Waals surface area contributed by atoms with Crippen molar-refractivity contribution in [2.24, 2.45) is 0 Å². The summed E-state index contributed by atoms with van der Waals surface area (Å²) in [6, 6.07) is 25.4. The number of nitrogens with zero attached hydrogens (tertiary/aromatic N) is 1. The third-order valence-electron chi connectivity index (χ3n) is 9.21. The predicted molar refractivity (Wildman–Crippen MR) is 183 cm³/mol. The van der Waals surface area contributed by atoms with Gasteiger partial charge in [0.25, 0.3) is 0 Å². The van der Waals surface area contributed by atoms with Gasteiger partial charge in [-0.3, -0.25) is 4.79 Å². The van der Waals surface area contributed by atoms with Gasteiger partial charge in [0.2, 0.25) is 5.91 Å². The third-order valence-corrected chi connectivity index (χ3v) is 9.21. The highest BCUT2D eigenvalue weighted by Crippen LogP contribution is 2.42. The standard InChI is InChI=1S/C38H47N5O/c1-3-5-13-21-39-24-35-30(27-15-7-10-18-33(27)41-35)23-31-29-17-9-12-20-37(29)43(38(31)44)26-32-28-16-8-11-19-34(28)42-36(32)25-40-22-14-6-4-2/h7-12,15-20,31,39-42H,3-6,13-14,21-26H2,1-2H3. The molecule has 3 aromatic carbocycles. The zero-order valence-corrected chi connectivity index (χ0v) is 26.3. The molecule has 0 bridgehead atoms. The summed E-state index contributed by atoms with van der Waals surface area (Å²) in [5.41, 5.74) is 9.25. The Labute approximate surface area is 261 Å². The van der Waals surface area contributed by atoms with E-state index in [-0.39, 0.29) is 11.8 Å². The van der Waals surface area contributed by atoms with E-state index in [0.29, 0.717) is 13.0 Å². The zero-order valence-electron chi connectivity index (χ0n) is 26.3. The number of H-pyrrole nitrogens is 2. The summed E-state index contributed by atoms with van der Waals surface area (Å²) in [5, 5.41) is 9.70. The number of hydrogen-bond acceptors (Lipinski definition) is 3. The number of anilines is 1. The van der Waals surface area contributed by atoms with Crippen LogP contribution in [0, 0.1) is 0 Å². The van der Waals surface area contributed by atoms with Crippen molar-refractivity contribution >= 4 is 33.4 Å². The van der Waals surface area contributed by atoms with E-state index in [2.05, 4.69) is 107 Å². The number of aromatic amines is 2. The fourth-order valence-electron chi connectivity index (χ4n) is 6.84. The molecule has 44 heavy (non-hydrogen) atoms. The van der Waals surface area contributed by atoms with E-state index < -0.39 is 0 Å². The van der Waals surface area contributed by atoms with Gasteiger partial charge in [0.05, 0.1) is 12.5 Å². The summed E-state index contributed by atoms with van der Waals surface area (Å²) in [5.74, 6) is -0.0319. The van der Waals surface area contributed by atoms with E-state index in [1.54, 1.807) is 0 Å². The first-order valence-corrected chi connectivity index (χ1v) is 16.7. The zero-order chi connectivity index (χ0) is 30.3. The van der Waals surface area contributed by atoms with E-state index >= 15 is 0 Å². The Morgan fingerprint density at radius 3 is 1.86 bits per heavy atom. The molecule has 230 valence electrons. The number of carbonyl (C=O) groups is 1. The molecule has 6 rings (SSSR count). The molecule has 2 aromatic heterocycles. The minimum absolute atomic E-state index is 0.186. The number of unbranched alkanes of at least 4 members (excludes halogenated alkanes) is 4. The van der Waals surface area contributed by atoms with Gasteiger partial charge in [0.15, 0.2) is 0 Å². The average Bonchev–Trinajstić information content (AvgIpc) is 3.67. The topological polar surface area (TPSA) is 76.0 Å². The molecular weight excluding hydrogens is 542 g/mol. The monoisotopic (exact) mass is 589 g/mol. The molecule has 1 amide bonds. The van der Waals surface area contributed by atoms with Crippen LogP contribution in [-0.4, -0.2) is 29.0 Å². The molecule has 0 fully saturated rings. The second-order valence-electron chi connectivity index (χ2n) is 12.3. The van der Waals surface area contributed by atoms with Gasteiger partial charge in [-0.05, 0) is 61.7 Å². The molecular formula is C38H47N5O. The van der Waals surface area contributed by atoms with Crippen LogP contribution < -0.4 is 15.5 Å². The first-order chi connectivity index (χ1) is 21.7. The Morgan fingerprint density at radius 2 is 1.23 bits per heavy atom. The van der Waals surface area contributed by atoms with Gasteiger partial charge in [-0.25, -0.2) is 0 Å². The number of fused-ring (bicyclic) bond motifs is 3. The van der Waals surface area contributed by atoms with Crippen molar-refractivity contribution in [2.45, 2.75) is 84.3 Å². The van der Waals surface area contributed by atoms with Gasteiger partial charge in [-0.2, -0.15) is 0 Å². The Kier molecular flexibility index (Phi) is 9.79. The van der Waals surface area contributed by atoms with Gasteiger partial charge < -0.3 is 25.5 Å². The van der Waals surface area contributed by atoms with E-state index in [9.17, 15) is 4.79 Å². The van der Waals surface area contributed by atoms with Crippen molar-refractivity contribution in [3.05, 3.63) is 101 Å². The molecule has 1 unspecified atom stereocenters. The molecule has 3 heterocycles. The molecule has 5 aromatic rings. The molecule has 6 nitrogen and oxygen atoms in total. The minimum Gasteiger partial charge on any atom is -0.357 e. The van der Waals surface area contributed by atoms with Crippen LogP contribution in [0.3, 0.4) is 0 Å². The average molecular weight is 590 g/mol. The van der Waals surface area contributed by atoms with Crippen LogP contribution in [0.15, 0.2) is 72.8 Å². The Morgan fingerprint density at radius 1 is 0.682 bits per heavy atom.